The van der Waals surface area contributed by atoms with Crippen LogP contribution in [0.1, 0.15) is 19.3 Å². The van der Waals surface area contributed by atoms with Gasteiger partial charge in [0.15, 0.2) is 0 Å². The maximum atomic E-state index is 11.4. The molecule has 5 nitrogen and oxygen atoms in total. The number of nitrogens with zero attached hydrogens (tertiary/aromatic N) is 2. The zero-order chi connectivity index (χ0) is 13.5. The molecule has 1 heterocycles. The van der Waals surface area contributed by atoms with Gasteiger partial charge in [-0.05, 0) is 45.9 Å². The van der Waals surface area contributed by atoms with Crippen molar-refractivity contribution in [2.75, 3.05) is 47.3 Å². The Morgan fingerprint density at radius 3 is 2.50 bits per heavy atom. The monoisotopic (exact) mass is 256 g/mol. The molecule has 0 bridgehead atoms. The van der Waals surface area contributed by atoms with Gasteiger partial charge in [0.1, 0.15) is 0 Å². The smallest absolute Gasteiger partial charge is 0.221 e. The number of hydrogen-bond acceptors (Lipinski definition) is 4. The van der Waals surface area contributed by atoms with Crippen molar-refractivity contribution in [1.29, 1.82) is 0 Å². The van der Waals surface area contributed by atoms with Gasteiger partial charge in [0.25, 0.3) is 0 Å². The molecular formula is C13H28N4O. The second-order valence-electron chi connectivity index (χ2n) is 5.51. The largest absolute Gasteiger partial charge is 0.359 e. The van der Waals surface area contributed by atoms with E-state index in [1.165, 1.54) is 12.8 Å². The summed E-state index contributed by atoms with van der Waals surface area (Å²) in [6.45, 7) is 3.86. The fourth-order valence-electron chi connectivity index (χ4n) is 2.69. The Morgan fingerprint density at radius 1 is 1.44 bits per heavy atom. The quantitative estimate of drug-likeness (QED) is 0.686. The van der Waals surface area contributed by atoms with Crippen molar-refractivity contribution >= 4 is 5.91 Å². The molecule has 1 rings (SSSR count). The minimum atomic E-state index is 0.0841. The molecule has 1 amide bonds. The Bertz CT molecular complexity index is 249. The van der Waals surface area contributed by atoms with E-state index in [1.54, 1.807) is 7.05 Å². The lowest BCUT2D eigenvalue weighted by molar-refractivity contribution is -0.121. The van der Waals surface area contributed by atoms with Crippen molar-refractivity contribution in [2.45, 2.75) is 25.3 Å². The number of nitrogens with one attached hydrogen (secondary N) is 1. The van der Waals surface area contributed by atoms with Crippen LogP contribution in [0.15, 0.2) is 0 Å². The third kappa shape index (κ3) is 4.92. The number of piperidine rings is 1. The molecule has 0 saturated carbocycles. The number of carbonyl (C=O) groups is 1. The summed E-state index contributed by atoms with van der Waals surface area (Å²) >= 11 is 0. The van der Waals surface area contributed by atoms with Crippen LogP contribution in [0, 0.1) is 5.92 Å². The highest BCUT2D eigenvalue weighted by molar-refractivity contribution is 5.76. The first-order chi connectivity index (χ1) is 8.56. The zero-order valence-corrected chi connectivity index (χ0v) is 12.0. The van der Waals surface area contributed by atoms with Crippen LogP contribution in [-0.4, -0.2) is 69.1 Å². The number of rotatable bonds is 6. The molecule has 1 saturated heterocycles. The van der Waals surface area contributed by atoms with Gasteiger partial charge in [-0.25, -0.2) is 0 Å². The second-order valence-corrected chi connectivity index (χ2v) is 5.51. The lowest BCUT2D eigenvalue weighted by Gasteiger charge is -2.37. The summed E-state index contributed by atoms with van der Waals surface area (Å²) in [7, 11) is 5.93. The normalized spacial score (nSPS) is 20.1. The average Bonchev–Trinajstić information content (AvgIpc) is 2.36. The standard InChI is InChI=1S/C13H28N4O/c1-15-13(18)8-12(9-14)17-6-4-11(5-7-17)10-16(2)3/h11-12H,4-10,14H2,1-3H3,(H,15,18). The number of nitrogens with two attached hydrogens (primary N) is 1. The highest BCUT2D eigenvalue weighted by Gasteiger charge is 2.25. The molecule has 1 fully saturated rings. The molecule has 0 radical (unpaired) electrons. The number of amides is 1. The highest BCUT2D eigenvalue weighted by atomic mass is 16.1. The number of likely N-dealkylation sites (tertiary alicyclic amines) is 1. The molecule has 1 aliphatic rings. The van der Waals surface area contributed by atoms with Crippen LogP contribution in [0.25, 0.3) is 0 Å². The maximum Gasteiger partial charge on any atom is 0.221 e. The Hall–Kier alpha value is -0.650. The summed E-state index contributed by atoms with van der Waals surface area (Å²) in [5.41, 5.74) is 5.79. The minimum Gasteiger partial charge on any atom is -0.359 e. The third-order valence-corrected chi connectivity index (χ3v) is 3.76. The van der Waals surface area contributed by atoms with Crippen LogP contribution < -0.4 is 11.1 Å². The van der Waals surface area contributed by atoms with Crippen LogP contribution in [0.5, 0.6) is 0 Å². The predicted molar refractivity (Wildman–Crippen MR) is 74.4 cm³/mol. The van der Waals surface area contributed by atoms with Crippen LogP contribution in [-0.2, 0) is 4.79 Å². The van der Waals surface area contributed by atoms with E-state index in [4.69, 9.17) is 5.73 Å². The number of carbonyl (C=O) groups excluding carboxylic acids is 1. The molecule has 1 aliphatic heterocycles. The number of hydrogen-bond donors (Lipinski definition) is 2. The molecule has 0 aliphatic carbocycles. The summed E-state index contributed by atoms with van der Waals surface area (Å²) < 4.78 is 0. The first kappa shape index (κ1) is 15.4. The first-order valence-electron chi connectivity index (χ1n) is 6.86. The minimum absolute atomic E-state index is 0.0841. The van der Waals surface area contributed by atoms with Crippen molar-refractivity contribution in [1.82, 2.24) is 15.1 Å². The lowest BCUT2D eigenvalue weighted by atomic mass is 9.94. The Balaban J connectivity index is 2.37. The molecule has 0 spiro atoms. The van der Waals surface area contributed by atoms with E-state index in [-0.39, 0.29) is 11.9 Å². The van der Waals surface area contributed by atoms with Gasteiger partial charge in [0, 0.05) is 32.6 Å². The van der Waals surface area contributed by atoms with Gasteiger partial charge in [-0.2, -0.15) is 0 Å². The second kappa shape index (κ2) is 7.71. The maximum absolute atomic E-state index is 11.4. The fourth-order valence-corrected chi connectivity index (χ4v) is 2.69. The average molecular weight is 256 g/mol. The summed E-state index contributed by atoms with van der Waals surface area (Å²) in [5.74, 6) is 0.871. The van der Waals surface area contributed by atoms with E-state index in [0.717, 1.165) is 25.6 Å². The zero-order valence-electron chi connectivity index (χ0n) is 12.0. The van der Waals surface area contributed by atoms with Gasteiger partial charge in [-0.1, -0.05) is 0 Å². The van der Waals surface area contributed by atoms with E-state index in [1.807, 2.05) is 0 Å². The molecule has 0 aromatic carbocycles. The molecule has 0 aromatic rings. The van der Waals surface area contributed by atoms with Gasteiger partial charge in [-0.15, -0.1) is 0 Å². The van der Waals surface area contributed by atoms with Crippen LogP contribution in [0.3, 0.4) is 0 Å². The van der Waals surface area contributed by atoms with E-state index in [9.17, 15) is 4.79 Å². The van der Waals surface area contributed by atoms with Crippen molar-refractivity contribution in [3.05, 3.63) is 0 Å². The molecular weight excluding hydrogens is 228 g/mol. The molecule has 1 atom stereocenters. The third-order valence-electron chi connectivity index (χ3n) is 3.76. The molecule has 1 unspecified atom stereocenters. The van der Waals surface area contributed by atoms with Crippen molar-refractivity contribution in [2.24, 2.45) is 11.7 Å². The van der Waals surface area contributed by atoms with Gasteiger partial charge in [-0.3, -0.25) is 9.69 Å². The fraction of sp³-hybridized carbons (Fsp3) is 0.923. The van der Waals surface area contributed by atoms with E-state index >= 15 is 0 Å². The molecule has 5 heteroatoms. The predicted octanol–water partition coefficient (Wildman–Crippen LogP) is -0.277. The van der Waals surface area contributed by atoms with Crippen LogP contribution >= 0.6 is 0 Å². The summed E-state index contributed by atoms with van der Waals surface area (Å²) in [6.07, 6.45) is 2.94. The van der Waals surface area contributed by atoms with E-state index in [0.29, 0.717) is 13.0 Å². The summed E-state index contributed by atoms with van der Waals surface area (Å²) in [4.78, 5) is 16.1. The Morgan fingerprint density at radius 2 is 2.06 bits per heavy atom. The summed E-state index contributed by atoms with van der Waals surface area (Å²) in [6, 6.07) is 0.199. The molecule has 106 valence electrons. The van der Waals surface area contributed by atoms with Crippen LogP contribution in [0.4, 0.5) is 0 Å². The van der Waals surface area contributed by atoms with Crippen molar-refractivity contribution < 1.29 is 4.79 Å². The van der Waals surface area contributed by atoms with Crippen molar-refractivity contribution in [3.8, 4) is 0 Å². The highest BCUT2D eigenvalue weighted by Crippen LogP contribution is 2.20. The van der Waals surface area contributed by atoms with E-state index in [2.05, 4.69) is 29.2 Å². The lowest BCUT2D eigenvalue weighted by Crippen LogP contribution is -2.48. The molecule has 0 aromatic heterocycles. The van der Waals surface area contributed by atoms with Gasteiger partial charge in [0.2, 0.25) is 5.91 Å². The van der Waals surface area contributed by atoms with Crippen LogP contribution in [0.2, 0.25) is 0 Å². The first-order valence-corrected chi connectivity index (χ1v) is 6.86. The Kier molecular flexibility index (Phi) is 6.60. The van der Waals surface area contributed by atoms with Gasteiger partial charge in [0.05, 0.1) is 0 Å². The molecule has 18 heavy (non-hydrogen) atoms. The van der Waals surface area contributed by atoms with Crippen molar-refractivity contribution in [3.63, 3.8) is 0 Å². The van der Waals surface area contributed by atoms with E-state index < -0.39 is 0 Å². The van der Waals surface area contributed by atoms with Gasteiger partial charge < -0.3 is 16.0 Å². The molecule has 3 N–H and O–H groups in total. The SMILES string of the molecule is CNC(=O)CC(CN)N1CCC(CN(C)C)CC1. The Labute approximate surface area is 111 Å². The summed E-state index contributed by atoms with van der Waals surface area (Å²) in [5, 5.41) is 2.68. The topological polar surface area (TPSA) is 61.6 Å². The van der Waals surface area contributed by atoms with Gasteiger partial charge >= 0.3 is 0 Å².